The molecule has 1 aromatic carbocycles. The van der Waals surface area contributed by atoms with Crippen LogP contribution in [0.25, 0.3) is 0 Å². The second-order valence-corrected chi connectivity index (χ2v) is 6.84. The summed E-state index contributed by atoms with van der Waals surface area (Å²) < 4.78 is 16.8. The van der Waals surface area contributed by atoms with E-state index in [0.29, 0.717) is 11.3 Å². The van der Waals surface area contributed by atoms with Gasteiger partial charge in [0.05, 0.1) is 30.5 Å². The molecule has 3 aromatic rings. The van der Waals surface area contributed by atoms with Crippen LogP contribution in [0.4, 0.5) is 10.1 Å². The highest BCUT2D eigenvalue weighted by Gasteiger charge is 2.15. The van der Waals surface area contributed by atoms with E-state index in [2.05, 4.69) is 20.8 Å². The maximum absolute atomic E-state index is 13.6. The van der Waals surface area contributed by atoms with Gasteiger partial charge in [0.25, 0.3) is 0 Å². The molecule has 0 unspecified atom stereocenters. The van der Waals surface area contributed by atoms with Crippen LogP contribution in [0.3, 0.4) is 0 Å². The number of benzene rings is 1. The molecule has 0 aliphatic heterocycles. The monoisotopic (exact) mass is 398 g/mol. The molecule has 0 spiro atoms. The summed E-state index contributed by atoms with van der Waals surface area (Å²) in [5.41, 5.74) is 2.69. The first kappa shape index (κ1) is 20.2. The van der Waals surface area contributed by atoms with E-state index in [0.717, 1.165) is 11.3 Å². The van der Waals surface area contributed by atoms with Crippen LogP contribution < -0.4 is 10.6 Å². The Morgan fingerprint density at radius 2 is 1.93 bits per heavy atom. The van der Waals surface area contributed by atoms with E-state index in [4.69, 9.17) is 0 Å². The van der Waals surface area contributed by atoms with E-state index < -0.39 is 5.82 Å². The SMILES string of the molecule is Cc1c([C@@H](C)NC(=O)Cn2cc(NC(=O)Cc3ccccc3F)cn2)cnn1C. The molecule has 2 amide bonds. The van der Waals surface area contributed by atoms with Crippen LogP contribution in [-0.2, 0) is 29.6 Å². The summed E-state index contributed by atoms with van der Waals surface area (Å²) in [6.07, 6.45) is 4.65. The summed E-state index contributed by atoms with van der Waals surface area (Å²) >= 11 is 0. The lowest BCUT2D eigenvalue weighted by Crippen LogP contribution is -2.30. The smallest absolute Gasteiger partial charge is 0.242 e. The lowest BCUT2D eigenvalue weighted by molar-refractivity contribution is -0.122. The van der Waals surface area contributed by atoms with Gasteiger partial charge in [0.15, 0.2) is 0 Å². The third-order valence-electron chi connectivity index (χ3n) is 4.65. The number of carbonyl (C=O) groups is 2. The van der Waals surface area contributed by atoms with E-state index in [9.17, 15) is 14.0 Å². The highest BCUT2D eigenvalue weighted by atomic mass is 19.1. The Kier molecular flexibility index (Phi) is 6.06. The van der Waals surface area contributed by atoms with E-state index >= 15 is 0 Å². The number of halogens is 1. The van der Waals surface area contributed by atoms with Gasteiger partial charge in [0, 0.05) is 24.5 Å². The van der Waals surface area contributed by atoms with Gasteiger partial charge in [-0.2, -0.15) is 10.2 Å². The zero-order valence-corrected chi connectivity index (χ0v) is 16.5. The Balaban J connectivity index is 1.53. The molecule has 152 valence electrons. The third kappa shape index (κ3) is 5.07. The largest absolute Gasteiger partial charge is 0.348 e. The van der Waals surface area contributed by atoms with E-state index in [-0.39, 0.29) is 30.8 Å². The van der Waals surface area contributed by atoms with E-state index in [1.165, 1.54) is 16.9 Å². The standard InChI is InChI=1S/C20H23FN6O2/c1-13(17-10-22-26(3)14(17)2)24-20(29)12-27-11-16(9-23-27)25-19(28)8-15-6-4-5-7-18(15)21/h4-7,9-11,13H,8,12H2,1-3H3,(H,24,29)(H,25,28)/t13-/m1/s1. The number of carbonyl (C=O) groups excluding carboxylic acids is 2. The molecule has 0 saturated carbocycles. The first-order valence-corrected chi connectivity index (χ1v) is 9.17. The third-order valence-corrected chi connectivity index (χ3v) is 4.65. The molecular weight excluding hydrogens is 375 g/mol. The van der Waals surface area contributed by atoms with Crippen LogP contribution in [0.1, 0.15) is 29.8 Å². The summed E-state index contributed by atoms with van der Waals surface area (Å²) in [6.45, 7) is 3.83. The van der Waals surface area contributed by atoms with Gasteiger partial charge in [-0.1, -0.05) is 18.2 Å². The van der Waals surface area contributed by atoms with Crippen LogP contribution in [0.5, 0.6) is 0 Å². The van der Waals surface area contributed by atoms with Crippen LogP contribution in [0.15, 0.2) is 42.9 Å². The molecule has 1 atom stereocenters. The molecule has 0 fully saturated rings. The van der Waals surface area contributed by atoms with Gasteiger partial charge in [-0.15, -0.1) is 0 Å². The minimum absolute atomic E-state index is 0.00678. The molecule has 2 N–H and O–H groups in total. The average Bonchev–Trinajstić information content (AvgIpc) is 3.23. The van der Waals surface area contributed by atoms with Crippen LogP contribution >= 0.6 is 0 Å². The maximum atomic E-state index is 13.6. The fourth-order valence-corrected chi connectivity index (χ4v) is 2.99. The van der Waals surface area contributed by atoms with Crippen LogP contribution in [0.2, 0.25) is 0 Å². The predicted molar refractivity (Wildman–Crippen MR) is 105 cm³/mol. The highest BCUT2D eigenvalue weighted by Crippen LogP contribution is 2.16. The molecule has 3 rings (SSSR count). The van der Waals surface area contributed by atoms with Gasteiger partial charge >= 0.3 is 0 Å². The molecule has 9 heteroatoms. The summed E-state index contributed by atoms with van der Waals surface area (Å²) in [7, 11) is 1.85. The number of rotatable bonds is 7. The van der Waals surface area contributed by atoms with E-state index in [1.54, 1.807) is 35.3 Å². The fourth-order valence-electron chi connectivity index (χ4n) is 2.99. The molecule has 0 saturated heterocycles. The van der Waals surface area contributed by atoms with Crippen molar-refractivity contribution in [2.24, 2.45) is 7.05 Å². The van der Waals surface area contributed by atoms with Gasteiger partial charge in [-0.05, 0) is 25.5 Å². The van der Waals surface area contributed by atoms with Gasteiger partial charge in [-0.25, -0.2) is 4.39 Å². The zero-order chi connectivity index (χ0) is 21.0. The lowest BCUT2D eigenvalue weighted by atomic mass is 10.1. The van der Waals surface area contributed by atoms with Crippen molar-refractivity contribution in [3.63, 3.8) is 0 Å². The molecule has 0 radical (unpaired) electrons. The van der Waals surface area contributed by atoms with Crippen molar-refractivity contribution < 1.29 is 14.0 Å². The number of nitrogens with zero attached hydrogens (tertiary/aromatic N) is 4. The first-order valence-electron chi connectivity index (χ1n) is 9.17. The van der Waals surface area contributed by atoms with Crippen molar-refractivity contribution in [3.05, 3.63) is 65.5 Å². The number of amides is 2. The minimum atomic E-state index is -0.423. The second kappa shape index (κ2) is 8.68. The molecular formula is C20H23FN6O2. The number of aryl methyl sites for hydroxylation is 1. The number of hydrogen-bond donors (Lipinski definition) is 2. The zero-order valence-electron chi connectivity index (χ0n) is 16.5. The van der Waals surface area contributed by atoms with Crippen LogP contribution in [-0.4, -0.2) is 31.4 Å². The number of nitrogens with one attached hydrogen (secondary N) is 2. The summed E-state index contributed by atoms with van der Waals surface area (Å²) in [5.74, 6) is -0.999. The summed E-state index contributed by atoms with van der Waals surface area (Å²) in [6, 6.07) is 5.94. The van der Waals surface area contributed by atoms with Crippen molar-refractivity contribution in [1.82, 2.24) is 24.9 Å². The van der Waals surface area contributed by atoms with Gasteiger partial charge in [0.2, 0.25) is 11.8 Å². The first-order chi connectivity index (χ1) is 13.8. The Morgan fingerprint density at radius 1 is 1.17 bits per heavy atom. The number of anilines is 1. The lowest BCUT2D eigenvalue weighted by Gasteiger charge is -2.13. The molecule has 29 heavy (non-hydrogen) atoms. The van der Waals surface area contributed by atoms with E-state index in [1.807, 2.05) is 20.9 Å². The topological polar surface area (TPSA) is 93.8 Å². The second-order valence-electron chi connectivity index (χ2n) is 6.84. The summed E-state index contributed by atoms with van der Waals surface area (Å²) in [5, 5.41) is 13.8. The maximum Gasteiger partial charge on any atom is 0.242 e. The normalized spacial score (nSPS) is 11.9. The van der Waals surface area contributed by atoms with Crippen LogP contribution in [0, 0.1) is 12.7 Å². The highest BCUT2D eigenvalue weighted by molar-refractivity contribution is 5.92. The van der Waals surface area contributed by atoms with Gasteiger partial charge in [0.1, 0.15) is 12.4 Å². The molecule has 8 nitrogen and oxygen atoms in total. The van der Waals surface area contributed by atoms with Crippen molar-refractivity contribution in [3.8, 4) is 0 Å². The molecule has 0 aliphatic carbocycles. The van der Waals surface area contributed by atoms with Crippen molar-refractivity contribution >= 4 is 17.5 Å². The molecule has 2 aromatic heterocycles. The fraction of sp³-hybridized carbons (Fsp3) is 0.300. The summed E-state index contributed by atoms with van der Waals surface area (Å²) in [4.78, 5) is 24.4. The predicted octanol–water partition coefficient (Wildman–Crippen LogP) is 2.12. The van der Waals surface area contributed by atoms with Crippen molar-refractivity contribution in [2.75, 3.05) is 5.32 Å². The molecule has 0 bridgehead atoms. The Morgan fingerprint density at radius 3 is 2.62 bits per heavy atom. The Bertz CT molecular complexity index is 1030. The minimum Gasteiger partial charge on any atom is -0.348 e. The van der Waals surface area contributed by atoms with Gasteiger partial charge in [-0.3, -0.25) is 19.0 Å². The quantitative estimate of drug-likeness (QED) is 0.638. The Hall–Kier alpha value is -3.49. The number of hydrogen-bond acceptors (Lipinski definition) is 4. The molecule has 2 heterocycles. The Labute approximate surface area is 167 Å². The van der Waals surface area contributed by atoms with Gasteiger partial charge < -0.3 is 10.6 Å². The number of aromatic nitrogens is 4. The molecule has 0 aliphatic rings. The average molecular weight is 398 g/mol. The van der Waals surface area contributed by atoms with Crippen molar-refractivity contribution in [1.29, 1.82) is 0 Å². The van der Waals surface area contributed by atoms with Crippen molar-refractivity contribution in [2.45, 2.75) is 32.9 Å².